The Hall–Kier alpha value is -1.57. The molecule has 1 rings (SSSR count). The quantitative estimate of drug-likeness (QED) is 0.922. The number of halogens is 3. The molecule has 0 spiro atoms. The maximum atomic E-state index is 12.2. The highest BCUT2D eigenvalue weighted by Gasteiger charge is 2.46. The van der Waals surface area contributed by atoms with E-state index in [1.165, 1.54) is 6.92 Å². The number of rotatable bonds is 3. The number of benzene rings is 1. The van der Waals surface area contributed by atoms with Gasteiger partial charge in [-0.25, -0.2) is 8.42 Å². The molecule has 100 valence electrons. The molecule has 0 radical (unpaired) electrons. The van der Waals surface area contributed by atoms with Gasteiger partial charge in [0.2, 0.25) is 0 Å². The molecule has 0 aromatic heterocycles. The Labute approximate surface area is 101 Å². The summed E-state index contributed by atoms with van der Waals surface area (Å²) in [5.74, 6) is -2.07. The molecule has 0 aliphatic carbocycles. The second-order valence-electron chi connectivity index (χ2n) is 3.58. The van der Waals surface area contributed by atoms with Crippen molar-refractivity contribution in [3.8, 4) is 0 Å². The van der Waals surface area contributed by atoms with Gasteiger partial charge in [-0.1, -0.05) is 12.1 Å². The fraction of sp³-hybridized carbons (Fsp3) is 0.300. The molecule has 1 aromatic carbocycles. The van der Waals surface area contributed by atoms with E-state index < -0.39 is 32.1 Å². The first-order valence-electron chi connectivity index (χ1n) is 4.71. The molecule has 1 aromatic rings. The van der Waals surface area contributed by atoms with Crippen LogP contribution in [-0.4, -0.2) is 25.0 Å². The van der Waals surface area contributed by atoms with Crippen LogP contribution in [0.5, 0.6) is 0 Å². The van der Waals surface area contributed by atoms with Crippen molar-refractivity contribution in [1.82, 2.24) is 0 Å². The summed E-state index contributed by atoms with van der Waals surface area (Å²) in [5, 5.41) is 8.70. The number of carbonyl (C=O) groups is 1. The molecule has 0 amide bonds. The molecule has 1 unspecified atom stereocenters. The molecule has 1 atom stereocenters. The van der Waals surface area contributed by atoms with Crippen molar-refractivity contribution in [2.24, 2.45) is 0 Å². The van der Waals surface area contributed by atoms with Crippen LogP contribution in [0.25, 0.3) is 0 Å². The SMILES string of the molecule is CC(C(=O)O)c1ccc(S(=O)(=O)C(F)(F)F)cc1. The van der Waals surface area contributed by atoms with Crippen molar-refractivity contribution in [2.45, 2.75) is 23.2 Å². The van der Waals surface area contributed by atoms with Crippen molar-refractivity contribution in [3.05, 3.63) is 29.8 Å². The van der Waals surface area contributed by atoms with Crippen LogP contribution in [0.1, 0.15) is 18.4 Å². The maximum Gasteiger partial charge on any atom is 0.501 e. The highest BCUT2D eigenvalue weighted by atomic mass is 32.2. The lowest BCUT2D eigenvalue weighted by molar-refractivity contribution is -0.138. The van der Waals surface area contributed by atoms with Gasteiger partial charge in [-0.15, -0.1) is 0 Å². The minimum atomic E-state index is -5.39. The zero-order chi connectivity index (χ0) is 14.1. The van der Waals surface area contributed by atoms with Crippen LogP contribution in [0.4, 0.5) is 13.2 Å². The molecule has 0 fully saturated rings. The summed E-state index contributed by atoms with van der Waals surface area (Å²) < 4.78 is 58.7. The Morgan fingerprint density at radius 3 is 2.00 bits per heavy atom. The monoisotopic (exact) mass is 282 g/mol. The first-order valence-corrected chi connectivity index (χ1v) is 6.20. The van der Waals surface area contributed by atoms with Gasteiger partial charge in [-0.05, 0) is 24.6 Å². The van der Waals surface area contributed by atoms with Crippen LogP contribution in [0.2, 0.25) is 0 Å². The molecule has 0 aliphatic heterocycles. The highest BCUT2D eigenvalue weighted by molar-refractivity contribution is 7.92. The summed E-state index contributed by atoms with van der Waals surface area (Å²) in [5.41, 5.74) is -5.14. The average Bonchev–Trinajstić information content (AvgIpc) is 2.26. The lowest BCUT2D eigenvalue weighted by Crippen LogP contribution is -2.23. The van der Waals surface area contributed by atoms with E-state index in [1.54, 1.807) is 0 Å². The second-order valence-corrected chi connectivity index (χ2v) is 5.52. The van der Waals surface area contributed by atoms with Gasteiger partial charge in [0, 0.05) is 0 Å². The molecule has 0 aliphatic rings. The summed E-state index contributed by atoms with van der Waals surface area (Å²) in [7, 11) is -5.39. The number of aliphatic carboxylic acids is 1. The van der Waals surface area contributed by atoms with E-state index in [-0.39, 0.29) is 5.56 Å². The van der Waals surface area contributed by atoms with Crippen LogP contribution >= 0.6 is 0 Å². The van der Waals surface area contributed by atoms with Crippen molar-refractivity contribution in [1.29, 1.82) is 0 Å². The van der Waals surface area contributed by atoms with E-state index in [0.717, 1.165) is 24.3 Å². The van der Waals surface area contributed by atoms with Crippen LogP contribution in [0, 0.1) is 0 Å². The van der Waals surface area contributed by atoms with Crippen molar-refractivity contribution in [3.63, 3.8) is 0 Å². The normalized spacial score (nSPS) is 14.2. The number of hydrogen-bond donors (Lipinski definition) is 1. The van der Waals surface area contributed by atoms with Gasteiger partial charge in [-0.3, -0.25) is 4.79 Å². The summed E-state index contributed by atoms with van der Waals surface area (Å²) in [6, 6.07) is 3.60. The highest BCUT2D eigenvalue weighted by Crippen LogP contribution is 2.30. The number of hydrogen-bond acceptors (Lipinski definition) is 3. The standard InChI is InChI=1S/C10H9F3O4S/c1-6(9(14)15)7-2-4-8(5-3-7)18(16,17)10(11,12)13/h2-6H,1H3,(H,14,15). The molecular weight excluding hydrogens is 273 g/mol. The fourth-order valence-electron chi connectivity index (χ4n) is 1.21. The Bertz CT molecular complexity index is 545. The molecule has 0 bridgehead atoms. The zero-order valence-electron chi connectivity index (χ0n) is 9.10. The van der Waals surface area contributed by atoms with Gasteiger partial charge in [0.1, 0.15) is 0 Å². The number of carboxylic acids is 1. The molecule has 1 N–H and O–H groups in total. The van der Waals surface area contributed by atoms with Crippen LogP contribution in [0.15, 0.2) is 29.2 Å². The van der Waals surface area contributed by atoms with E-state index in [9.17, 15) is 26.4 Å². The minimum Gasteiger partial charge on any atom is -0.481 e. The molecule has 0 saturated carbocycles. The minimum absolute atomic E-state index is 0.226. The molecule has 8 heteroatoms. The molecule has 0 heterocycles. The topological polar surface area (TPSA) is 71.4 Å². The lowest BCUT2D eigenvalue weighted by atomic mass is 10.0. The van der Waals surface area contributed by atoms with Gasteiger partial charge >= 0.3 is 11.5 Å². The Balaban J connectivity index is 3.16. The zero-order valence-corrected chi connectivity index (χ0v) is 9.92. The largest absolute Gasteiger partial charge is 0.501 e. The first-order chi connectivity index (χ1) is 8.07. The van der Waals surface area contributed by atoms with E-state index in [1.807, 2.05) is 0 Å². The van der Waals surface area contributed by atoms with Crippen molar-refractivity contribution >= 4 is 15.8 Å². The fourth-order valence-corrected chi connectivity index (χ4v) is 1.97. The number of sulfone groups is 1. The molecule has 0 saturated heterocycles. The third kappa shape index (κ3) is 2.63. The Kier molecular flexibility index (Phi) is 3.70. The van der Waals surface area contributed by atoms with E-state index >= 15 is 0 Å². The van der Waals surface area contributed by atoms with Crippen molar-refractivity contribution in [2.75, 3.05) is 0 Å². The van der Waals surface area contributed by atoms with Crippen molar-refractivity contribution < 1.29 is 31.5 Å². The van der Waals surface area contributed by atoms with E-state index in [2.05, 4.69) is 0 Å². The summed E-state index contributed by atoms with van der Waals surface area (Å²) in [4.78, 5) is 9.74. The van der Waals surface area contributed by atoms with E-state index in [4.69, 9.17) is 5.11 Å². The molecular formula is C10H9F3O4S. The molecule has 18 heavy (non-hydrogen) atoms. The van der Waals surface area contributed by atoms with Crippen LogP contribution in [0.3, 0.4) is 0 Å². The Morgan fingerprint density at radius 1 is 1.22 bits per heavy atom. The van der Waals surface area contributed by atoms with Gasteiger partial charge < -0.3 is 5.11 Å². The summed E-state index contributed by atoms with van der Waals surface area (Å²) >= 11 is 0. The molecule has 4 nitrogen and oxygen atoms in total. The van der Waals surface area contributed by atoms with Gasteiger partial charge in [-0.2, -0.15) is 13.2 Å². The van der Waals surface area contributed by atoms with E-state index in [0.29, 0.717) is 0 Å². The summed E-state index contributed by atoms with van der Waals surface area (Å²) in [6.07, 6.45) is 0. The van der Waals surface area contributed by atoms with Crippen LogP contribution in [-0.2, 0) is 14.6 Å². The summed E-state index contributed by atoms with van der Waals surface area (Å²) in [6.45, 7) is 1.34. The van der Waals surface area contributed by atoms with Gasteiger partial charge in [0.15, 0.2) is 0 Å². The second kappa shape index (κ2) is 4.60. The maximum absolute atomic E-state index is 12.2. The third-order valence-electron chi connectivity index (χ3n) is 2.37. The van der Waals surface area contributed by atoms with Crippen LogP contribution < -0.4 is 0 Å². The number of alkyl halides is 3. The number of carboxylic acid groups (broad SMARTS) is 1. The van der Waals surface area contributed by atoms with Gasteiger partial charge in [0.05, 0.1) is 10.8 Å². The smallest absolute Gasteiger partial charge is 0.481 e. The lowest BCUT2D eigenvalue weighted by Gasteiger charge is -2.10. The third-order valence-corrected chi connectivity index (χ3v) is 3.87. The average molecular weight is 282 g/mol. The predicted octanol–water partition coefficient (Wildman–Crippen LogP) is 2.17. The Morgan fingerprint density at radius 2 is 1.67 bits per heavy atom. The predicted molar refractivity (Wildman–Crippen MR) is 55.7 cm³/mol. The van der Waals surface area contributed by atoms with Gasteiger partial charge in [0.25, 0.3) is 9.84 Å². The first kappa shape index (κ1) is 14.5.